The van der Waals surface area contributed by atoms with Crippen LogP contribution < -0.4 is 10.6 Å². The summed E-state index contributed by atoms with van der Waals surface area (Å²) in [5.41, 5.74) is 4.42. The SMILES string of the molecule is CC(C)(C)c1ccc(NC(=O)c2cc(O)cc(-c3ccc(C(=O)N4CCNCC4)cc3)c2)cc1. The van der Waals surface area contributed by atoms with Crippen LogP contribution in [0.25, 0.3) is 11.1 Å². The molecule has 3 aromatic rings. The average molecular weight is 458 g/mol. The van der Waals surface area contributed by atoms with Gasteiger partial charge in [0.05, 0.1) is 0 Å². The fourth-order valence-electron chi connectivity index (χ4n) is 4.02. The van der Waals surface area contributed by atoms with Crippen LogP contribution in [0.4, 0.5) is 5.69 Å². The molecule has 0 aromatic heterocycles. The molecule has 1 fully saturated rings. The Balaban J connectivity index is 1.50. The second-order valence-corrected chi connectivity index (χ2v) is 9.67. The number of anilines is 1. The molecule has 6 nitrogen and oxygen atoms in total. The molecule has 0 radical (unpaired) electrons. The number of hydrogen-bond acceptors (Lipinski definition) is 4. The maximum Gasteiger partial charge on any atom is 0.255 e. The van der Waals surface area contributed by atoms with E-state index in [-0.39, 0.29) is 23.0 Å². The fourth-order valence-corrected chi connectivity index (χ4v) is 4.02. The summed E-state index contributed by atoms with van der Waals surface area (Å²) in [6, 6.07) is 19.9. The summed E-state index contributed by atoms with van der Waals surface area (Å²) < 4.78 is 0. The van der Waals surface area contributed by atoms with E-state index in [1.807, 2.05) is 41.3 Å². The lowest BCUT2D eigenvalue weighted by Gasteiger charge is -2.27. The van der Waals surface area contributed by atoms with Gasteiger partial charge in [-0.25, -0.2) is 0 Å². The molecule has 2 amide bonds. The summed E-state index contributed by atoms with van der Waals surface area (Å²) in [7, 11) is 0. The second kappa shape index (κ2) is 9.69. The summed E-state index contributed by atoms with van der Waals surface area (Å²) in [5.74, 6) is -0.278. The first-order valence-corrected chi connectivity index (χ1v) is 11.6. The predicted octanol–water partition coefficient (Wildman–Crippen LogP) is 4.65. The third kappa shape index (κ3) is 5.46. The van der Waals surface area contributed by atoms with Gasteiger partial charge in [-0.2, -0.15) is 0 Å². The maximum atomic E-state index is 12.9. The molecule has 0 saturated carbocycles. The van der Waals surface area contributed by atoms with E-state index in [1.165, 1.54) is 11.6 Å². The van der Waals surface area contributed by atoms with Crippen LogP contribution in [0.3, 0.4) is 0 Å². The van der Waals surface area contributed by atoms with E-state index >= 15 is 0 Å². The average Bonchev–Trinajstić information content (AvgIpc) is 2.83. The van der Waals surface area contributed by atoms with Gasteiger partial charge in [0, 0.05) is 43.0 Å². The van der Waals surface area contributed by atoms with E-state index in [0.717, 1.165) is 18.7 Å². The number of aromatic hydroxyl groups is 1. The minimum absolute atomic E-state index is 0.00620. The molecule has 1 heterocycles. The molecule has 6 heteroatoms. The molecule has 0 atom stereocenters. The maximum absolute atomic E-state index is 12.9. The van der Waals surface area contributed by atoms with Crippen LogP contribution in [-0.2, 0) is 5.41 Å². The van der Waals surface area contributed by atoms with Crippen molar-refractivity contribution in [2.75, 3.05) is 31.5 Å². The normalized spacial score (nSPS) is 14.0. The van der Waals surface area contributed by atoms with E-state index < -0.39 is 0 Å². The van der Waals surface area contributed by atoms with Crippen LogP contribution >= 0.6 is 0 Å². The first-order chi connectivity index (χ1) is 16.2. The zero-order valence-corrected chi connectivity index (χ0v) is 19.9. The first-order valence-electron chi connectivity index (χ1n) is 11.6. The molecule has 0 bridgehead atoms. The summed E-state index contributed by atoms with van der Waals surface area (Å²) in [4.78, 5) is 27.4. The van der Waals surface area contributed by atoms with E-state index in [4.69, 9.17) is 0 Å². The quantitative estimate of drug-likeness (QED) is 0.533. The van der Waals surface area contributed by atoms with Crippen LogP contribution in [0.2, 0.25) is 0 Å². The summed E-state index contributed by atoms with van der Waals surface area (Å²) in [6.45, 7) is 9.43. The number of carbonyl (C=O) groups excluding carboxylic acids is 2. The highest BCUT2D eigenvalue weighted by atomic mass is 16.3. The van der Waals surface area contributed by atoms with E-state index in [9.17, 15) is 14.7 Å². The molecule has 1 aliphatic rings. The Morgan fingerprint density at radius 3 is 2.12 bits per heavy atom. The zero-order valence-electron chi connectivity index (χ0n) is 19.9. The van der Waals surface area contributed by atoms with Crippen LogP contribution in [0, 0.1) is 0 Å². The molecule has 0 unspecified atom stereocenters. The molecule has 4 rings (SSSR count). The number of nitrogens with zero attached hydrogens (tertiary/aromatic N) is 1. The lowest BCUT2D eigenvalue weighted by atomic mass is 9.87. The third-order valence-electron chi connectivity index (χ3n) is 6.06. The van der Waals surface area contributed by atoms with Crippen molar-refractivity contribution in [1.82, 2.24) is 10.2 Å². The van der Waals surface area contributed by atoms with Gasteiger partial charge in [0.15, 0.2) is 0 Å². The van der Waals surface area contributed by atoms with Gasteiger partial charge >= 0.3 is 0 Å². The summed E-state index contributed by atoms with van der Waals surface area (Å²) in [5, 5.41) is 16.4. The molecule has 176 valence electrons. The van der Waals surface area contributed by atoms with Gasteiger partial charge in [0.25, 0.3) is 11.8 Å². The minimum Gasteiger partial charge on any atom is -0.508 e. The number of rotatable bonds is 4. The van der Waals surface area contributed by atoms with E-state index in [2.05, 4.69) is 31.4 Å². The van der Waals surface area contributed by atoms with Gasteiger partial charge in [-0.05, 0) is 64.6 Å². The molecule has 0 spiro atoms. The van der Waals surface area contributed by atoms with Crippen LogP contribution in [0.5, 0.6) is 5.75 Å². The molecule has 3 aromatic carbocycles. The summed E-state index contributed by atoms with van der Waals surface area (Å²) >= 11 is 0. The van der Waals surface area contributed by atoms with E-state index in [1.54, 1.807) is 24.3 Å². The molecule has 3 N–H and O–H groups in total. The number of phenols is 1. The third-order valence-corrected chi connectivity index (χ3v) is 6.06. The van der Waals surface area contributed by atoms with Crippen molar-refractivity contribution in [1.29, 1.82) is 0 Å². The Morgan fingerprint density at radius 2 is 1.50 bits per heavy atom. The van der Waals surface area contributed by atoms with Gasteiger partial charge in [0.1, 0.15) is 5.75 Å². The van der Waals surface area contributed by atoms with Crippen molar-refractivity contribution < 1.29 is 14.7 Å². The number of amides is 2. The van der Waals surface area contributed by atoms with Crippen LogP contribution in [0.1, 0.15) is 47.1 Å². The number of hydrogen-bond donors (Lipinski definition) is 3. The lowest BCUT2D eigenvalue weighted by molar-refractivity contribution is 0.0735. The number of carbonyl (C=O) groups is 2. The molecule has 0 aliphatic carbocycles. The first kappa shape index (κ1) is 23.5. The number of phenolic OH excluding ortho intramolecular Hbond substituents is 1. The van der Waals surface area contributed by atoms with Crippen molar-refractivity contribution in [3.63, 3.8) is 0 Å². The molecular weight excluding hydrogens is 426 g/mol. The number of nitrogens with one attached hydrogen (secondary N) is 2. The van der Waals surface area contributed by atoms with Gasteiger partial charge in [-0.15, -0.1) is 0 Å². The monoisotopic (exact) mass is 457 g/mol. The van der Waals surface area contributed by atoms with Crippen molar-refractivity contribution in [3.8, 4) is 16.9 Å². The minimum atomic E-state index is -0.300. The van der Waals surface area contributed by atoms with Gasteiger partial charge < -0.3 is 20.6 Å². The molecular formula is C28H31N3O3. The van der Waals surface area contributed by atoms with Gasteiger partial charge in [0.2, 0.25) is 0 Å². The largest absolute Gasteiger partial charge is 0.508 e. The Labute approximate surface area is 200 Å². The predicted molar refractivity (Wildman–Crippen MR) is 135 cm³/mol. The molecule has 1 saturated heterocycles. The zero-order chi connectivity index (χ0) is 24.3. The Hall–Kier alpha value is -3.64. The lowest BCUT2D eigenvalue weighted by Crippen LogP contribution is -2.46. The molecule has 1 aliphatic heterocycles. The highest BCUT2D eigenvalue weighted by Crippen LogP contribution is 2.27. The number of piperazine rings is 1. The molecule has 34 heavy (non-hydrogen) atoms. The van der Waals surface area contributed by atoms with Gasteiger partial charge in [-0.3, -0.25) is 9.59 Å². The topological polar surface area (TPSA) is 81.7 Å². The Kier molecular flexibility index (Phi) is 6.70. The van der Waals surface area contributed by atoms with Gasteiger partial charge in [-0.1, -0.05) is 45.0 Å². The Bertz CT molecular complexity index is 1170. The van der Waals surface area contributed by atoms with Crippen molar-refractivity contribution in [2.24, 2.45) is 0 Å². The van der Waals surface area contributed by atoms with Crippen molar-refractivity contribution in [3.05, 3.63) is 83.4 Å². The summed E-state index contributed by atoms with van der Waals surface area (Å²) in [6.07, 6.45) is 0. The van der Waals surface area contributed by atoms with Crippen molar-refractivity contribution >= 4 is 17.5 Å². The van der Waals surface area contributed by atoms with Crippen LogP contribution in [-0.4, -0.2) is 48.0 Å². The smallest absolute Gasteiger partial charge is 0.255 e. The number of benzene rings is 3. The fraction of sp³-hybridized carbons (Fsp3) is 0.286. The second-order valence-electron chi connectivity index (χ2n) is 9.67. The van der Waals surface area contributed by atoms with E-state index in [0.29, 0.717) is 35.5 Å². The Morgan fingerprint density at radius 1 is 0.853 bits per heavy atom. The van der Waals surface area contributed by atoms with Crippen LogP contribution in [0.15, 0.2) is 66.7 Å². The standard InChI is InChI=1S/C28H31N3O3/c1-28(2,3)23-8-10-24(11-9-23)30-26(33)22-16-21(17-25(32)18-22)19-4-6-20(7-5-19)27(34)31-14-12-29-13-15-31/h4-11,16-18,29,32H,12-15H2,1-3H3,(H,30,33). The van der Waals surface area contributed by atoms with Crippen molar-refractivity contribution in [2.45, 2.75) is 26.2 Å². The highest BCUT2D eigenvalue weighted by molar-refractivity contribution is 6.05. The highest BCUT2D eigenvalue weighted by Gasteiger charge is 2.18.